The molecule has 0 radical (unpaired) electrons. The summed E-state index contributed by atoms with van der Waals surface area (Å²) in [6.07, 6.45) is 0. The first-order valence-corrected chi connectivity index (χ1v) is 12.6. The highest BCUT2D eigenvalue weighted by Crippen LogP contribution is 2.19. The van der Waals surface area contributed by atoms with E-state index in [0.29, 0.717) is 0 Å². The van der Waals surface area contributed by atoms with Crippen LogP contribution in [-0.2, 0) is 25.6 Å². The van der Waals surface area contributed by atoms with Crippen LogP contribution >= 0.6 is 0 Å². The second kappa shape index (κ2) is 9.18. The molecule has 0 saturated heterocycles. The number of nitrogens with one attached hydrogen (secondary N) is 1. The Morgan fingerprint density at radius 3 is 2.19 bits per heavy atom. The van der Waals surface area contributed by atoms with Crippen LogP contribution in [0.3, 0.4) is 0 Å². The van der Waals surface area contributed by atoms with Crippen LogP contribution < -0.4 is 5.32 Å². The molecule has 0 aliphatic carbocycles. The molecule has 0 unspecified atom stereocenters. The highest BCUT2D eigenvalue weighted by atomic mass is 32.2. The van der Waals surface area contributed by atoms with Gasteiger partial charge in [0, 0.05) is 18.7 Å². The maximum Gasteiger partial charge on any atom is 0.322 e. The normalized spacial score (nSPS) is 12.3. The molecule has 10 nitrogen and oxygen atoms in total. The van der Waals surface area contributed by atoms with Crippen LogP contribution in [0.5, 0.6) is 0 Å². The SMILES string of the molecule is CC(C)N(C)S(=O)(=O)c1ccc(C(=O)Nc2nnc(CS(=O)(=O)c3ccccc3)o2)cc1. The van der Waals surface area contributed by atoms with Gasteiger partial charge in [-0.25, -0.2) is 16.8 Å². The standard InChI is InChI=1S/C20H22N4O6S2/c1-14(2)24(3)32(28,29)17-11-9-15(10-12-17)19(25)21-20-23-22-18(30-20)13-31(26,27)16-7-5-4-6-8-16/h4-12,14H,13H2,1-3H3,(H,21,23,25). The quantitative estimate of drug-likeness (QED) is 0.520. The van der Waals surface area contributed by atoms with Crippen LogP contribution in [-0.4, -0.2) is 50.3 Å². The molecule has 170 valence electrons. The number of nitrogens with zero attached hydrogens (tertiary/aromatic N) is 3. The highest BCUT2D eigenvalue weighted by molar-refractivity contribution is 7.90. The fourth-order valence-corrected chi connectivity index (χ4v) is 5.18. The summed E-state index contributed by atoms with van der Waals surface area (Å²) in [6, 6.07) is 12.7. The third-order valence-electron chi connectivity index (χ3n) is 4.62. The summed E-state index contributed by atoms with van der Waals surface area (Å²) in [5.41, 5.74) is 0.160. The Hall–Kier alpha value is -3.09. The minimum atomic E-state index is -3.68. The van der Waals surface area contributed by atoms with Gasteiger partial charge in [0.05, 0.1) is 9.79 Å². The van der Waals surface area contributed by atoms with Gasteiger partial charge in [0.1, 0.15) is 5.75 Å². The van der Waals surface area contributed by atoms with Gasteiger partial charge in [0.2, 0.25) is 15.9 Å². The van der Waals surface area contributed by atoms with Crippen molar-refractivity contribution in [3.63, 3.8) is 0 Å². The molecule has 12 heteroatoms. The molecular weight excluding hydrogens is 456 g/mol. The molecule has 0 fully saturated rings. The van der Waals surface area contributed by atoms with E-state index in [0.717, 1.165) is 0 Å². The number of sulfonamides is 1. The Morgan fingerprint density at radius 1 is 0.969 bits per heavy atom. The van der Waals surface area contributed by atoms with Crippen LogP contribution in [0.4, 0.5) is 6.01 Å². The van der Waals surface area contributed by atoms with Gasteiger partial charge in [-0.15, -0.1) is 5.10 Å². The van der Waals surface area contributed by atoms with Crippen molar-refractivity contribution in [2.45, 2.75) is 35.4 Å². The van der Waals surface area contributed by atoms with Crippen molar-refractivity contribution in [2.24, 2.45) is 0 Å². The van der Waals surface area contributed by atoms with Gasteiger partial charge in [0.15, 0.2) is 9.84 Å². The van der Waals surface area contributed by atoms with Crippen LogP contribution in [0.25, 0.3) is 0 Å². The number of aromatic nitrogens is 2. The number of hydrogen-bond acceptors (Lipinski definition) is 8. The van der Waals surface area contributed by atoms with Crippen molar-refractivity contribution in [3.8, 4) is 0 Å². The van der Waals surface area contributed by atoms with E-state index in [4.69, 9.17) is 4.42 Å². The minimum Gasteiger partial charge on any atom is -0.407 e. The number of amides is 1. The molecule has 3 rings (SSSR count). The van der Waals surface area contributed by atoms with Crippen LogP contribution in [0.15, 0.2) is 68.8 Å². The van der Waals surface area contributed by atoms with Gasteiger partial charge in [-0.05, 0) is 50.2 Å². The molecular formula is C20H22N4O6S2. The first-order valence-electron chi connectivity index (χ1n) is 9.50. The number of sulfone groups is 1. The lowest BCUT2D eigenvalue weighted by Gasteiger charge is -2.20. The van der Waals surface area contributed by atoms with Crippen molar-refractivity contribution in [3.05, 3.63) is 66.1 Å². The molecule has 1 heterocycles. The molecule has 1 amide bonds. The maximum atomic E-state index is 12.5. The summed E-state index contributed by atoms with van der Waals surface area (Å²) in [4.78, 5) is 12.6. The number of carbonyl (C=O) groups is 1. The molecule has 3 aromatic rings. The Balaban J connectivity index is 1.69. The number of hydrogen-bond donors (Lipinski definition) is 1. The van der Waals surface area contributed by atoms with Crippen LogP contribution in [0.1, 0.15) is 30.1 Å². The molecule has 1 N–H and O–H groups in total. The lowest BCUT2D eigenvalue weighted by molar-refractivity contribution is 0.102. The predicted octanol–water partition coefficient (Wildman–Crippen LogP) is 2.32. The van der Waals surface area contributed by atoms with Crippen LogP contribution in [0.2, 0.25) is 0 Å². The third kappa shape index (κ3) is 5.21. The van der Waals surface area contributed by atoms with E-state index in [1.807, 2.05) is 0 Å². The maximum absolute atomic E-state index is 12.5. The molecule has 0 aliphatic heterocycles. The van der Waals surface area contributed by atoms with Gasteiger partial charge in [0.25, 0.3) is 5.91 Å². The fraction of sp³-hybridized carbons (Fsp3) is 0.250. The number of rotatable bonds is 8. The molecule has 0 bridgehead atoms. The molecule has 0 spiro atoms. The summed E-state index contributed by atoms with van der Waals surface area (Å²) < 4.78 is 56.3. The van der Waals surface area contributed by atoms with Crippen LogP contribution in [0, 0.1) is 0 Å². The molecule has 32 heavy (non-hydrogen) atoms. The fourth-order valence-electron chi connectivity index (χ4n) is 2.63. The Morgan fingerprint density at radius 2 is 1.59 bits per heavy atom. The summed E-state index contributed by atoms with van der Waals surface area (Å²) in [5.74, 6) is -1.31. The number of anilines is 1. The topological polar surface area (TPSA) is 140 Å². The van der Waals surface area contributed by atoms with Gasteiger partial charge in [-0.1, -0.05) is 23.3 Å². The Bertz CT molecular complexity index is 1300. The highest BCUT2D eigenvalue weighted by Gasteiger charge is 2.24. The van der Waals surface area contributed by atoms with Crippen molar-refractivity contribution < 1.29 is 26.0 Å². The third-order valence-corrected chi connectivity index (χ3v) is 8.29. The predicted molar refractivity (Wildman–Crippen MR) is 116 cm³/mol. The molecule has 0 saturated carbocycles. The van der Waals surface area contributed by atoms with E-state index in [2.05, 4.69) is 15.5 Å². The van der Waals surface area contributed by atoms with Crippen molar-refractivity contribution >= 4 is 31.8 Å². The van der Waals surface area contributed by atoms with Crippen molar-refractivity contribution in [1.29, 1.82) is 0 Å². The summed E-state index contributed by atoms with van der Waals surface area (Å²) in [5, 5.41) is 9.67. The zero-order chi connectivity index (χ0) is 23.5. The Labute approximate surface area is 186 Å². The van der Waals surface area contributed by atoms with E-state index in [-0.39, 0.29) is 33.3 Å². The van der Waals surface area contributed by atoms with E-state index >= 15 is 0 Å². The smallest absolute Gasteiger partial charge is 0.322 e. The monoisotopic (exact) mass is 478 g/mol. The second-order valence-electron chi connectivity index (χ2n) is 7.17. The van der Waals surface area contributed by atoms with Crippen molar-refractivity contribution in [2.75, 3.05) is 12.4 Å². The minimum absolute atomic E-state index is 0.0523. The number of carbonyl (C=O) groups excluding carboxylic acids is 1. The second-order valence-corrected chi connectivity index (χ2v) is 11.2. The van der Waals surface area contributed by atoms with Gasteiger partial charge in [-0.2, -0.15) is 4.31 Å². The molecule has 2 aromatic carbocycles. The number of benzene rings is 2. The van der Waals surface area contributed by atoms with Crippen molar-refractivity contribution in [1.82, 2.24) is 14.5 Å². The lowest BCUT2D eigenvalue weighted by atomic mass is 10.2. The van der Waals surface area contributed by atoms with Gasteiger partial charge in [-0.3, -0.25) is 10.1 Å². The first kappa shape index (κ1) is 23.6. The van der Waals surface area contributed by atoms with E-state index in [9.17, 15) is 21.6 Å². The average molecular weight is 479 g/mol. The summed E-state index contributed by atoms with van der Waals surface area (Å²) in [6.45, 7) is 3.51. The zero-order valence-corrected chi connectivity index (χ0v) is 19.2. The summed E-state index contributed by atoms with van der Waals surface area (Å²) >= 11 is 0. The molecule has 1 aromatic heterocycles. The first-order chi connectivity index (χ1) is 15.0. The van der Waals surface area contributed by atoms with E-state index in [1.165, 1.54) is 47.8 Å². The summed E-state index contributed by atoms with van der Waals surface area (Å²) in [7, 11) is -5.88. The van der Waals surface area contributed by atoms with Gasteiger partial charge < -0.3 is 4.42 Å². The van der Waals surface area contributed by atoms with E-state index < -0.39 is 31.5 Å². The Kier molecular flexibility index (Phi) is 6.77. The largest absolute Gasteiger partial charge is 0.407 e. The average Bonchev–Trinajstić information content (AvgIpc) is 3.19. The lowest BCUT2D eigenvalue weighted by Crippen LogP contribution is -2.33. The van der Waals surface area contributed by atoms with E-state index in [1.54, 1.807) is 32.0 Å². The molecule has 0 aliphatic rings. The molecule has 0 atom stereocenters. The zero-order valence-electron chi connectivity index (χ0n) is 17.6. The van der Waals surface area contributed by atoms with Gasteiger partial charge >= 0.3 is 6.01 Å².